The molecule has 0 bridgehead atoms. The minimum Gasteiger partial charge on any atom is -0.325 e. The average Bonchev–Trinajstić information content (AvgIpc) is 3.31. The van der Waals surface area contributed by atoms with E-state index in [1.54, 1.807) is 24.6 Å². The molecule has 0 aliphatic rings. The number of amides is 1. The highest BCUT2D eigenvalue weighted by Gasteiger charge is 2.30. The molecule has 5 nitrogen and oxygen atoms in total. The molecule has 28 heavy (non-hydrogen) atoms. The Morgan fingerprint density at radius 1 is 1.29 bits per heavy atom. The average molecular weight is 426 g/mol. The SMILES string of the molecule is CC(Sc1nncn1CCc1cccs1)C(=O)Nc1ccc(C(F)(F)F)cc1. The van der Waals surface area contributed by atoms with E-state index in [0.29, 0.717) is 17.4 Å². The molecule has 2 aromatic heterocycles. The summed E-state index contributed by atoms with van der Waals surface area (Å²) in [5.41, 5.74) is -0.448. The van der Waals surface area contributed by atoms with E-state index in [-0.39, 0.29) is 5.91 Å². The number of hydrogen-bond donors (Lipinski definition) is 1. The van der Waals surface area contributed by atoms with Crippen LogP contribution in [0.5, 0.6) is 0 Å². The summed E-state index contributed by atoms with van der Waals surface area (Å²) in [6.45, 7) is 2.41. The van der Waals surface area contributed by atoms with Crippen molar-refractivity contribution in [3.8, 4) is 0 Å². The number of aryl methyl sites for hydroxylation is 2. The standard InChI is InChI=1S/C18H17F3N4OS2/c1-12(16(26)23-14-6-4-13(5-7-14)18(19,20)21)28-17-24-22-11-25(17)9-8-15-3-2-10-27-15/h2-7,10-12H,8-9H2,1H3,(H,23,26). The van der Waals surface area contributed by atoms with Gasteiger partial charge in [-0.05, 0) is 49.1 Å². The van der Waals surface area contributed by atoms with Gasteiger partial charge in [0.05, 0.1) is 10.8 Å². The normalized spacial score (nSPS) is 12.7. The molecule has 0 fully saturated rings. The topological polar surface area (TPSA) is 59.8 Å². The van der Waals surface area contributed by atoms with Gasteiger partial charge in [-0.2, -0.15) is 13.2 Å². The summed E-state index contributed by atoms with van der Waals surface area (Å²) in [4.78, 5) is 13.6. The summed E-state index contributed by atoms with van der Waals surface area (Å²) >= 11 is 2.93. The van der Waals surface area contributed by atoms with Gasteiger partial charge in [-0.25, -0.2) is 0 Å². The van der Waals surface area contributed by atoms with E-state index in [1.165, 1.54) is 28.8 Å². The van der Waals surface area contributed by atoms with Crippen LogP contribution in [0.25, 0.3) is 0 Å². The predicted octanol–water partition coefficient (Wildman–Crippen LogP) is 4.72. The molecule has 0 spiro atoms. The lowest BCUT2D eigenvalue weighted by Gasteiger charge is -2.13. The summed E-state index contributed by atoms with van der Waals surface area (Å²) in [5.74, 6) is -0.322. The van der Waals surface area contributed by atoms with Crippen LogP contribution in [-0.4, -0.2) is 25.9 Å². The van der Waals surface area contributed by atoms with Crippen LogP contribution in [-0.2, 0) is 23.9 Å². The molecule has 3 aromatic rings. The minimum absolute atomic E-state index is 0.310. The third-order valence-electron chi connectivity index (χ3n) is 3.89. The van der Waals surface area contributed by atoms with E-state index >= 15 is 0 Å². The van der Waals surface area contributed by atoms with Gasteiger partial charge in [-0.1, -0.05) is 17.8 Å². The van der Waals surface area contributed by atoms with Gasteiger partial charge in [-0.15, -0.1) is 21.5 Å². The lowest BCUT2D eigenvalue weighted by atomic mass is 10.2. The Labute approximate surface area is 168 Å². The Bertz CT molecular complexity index is 908. The number of nitrogens with zero attached hydrogens (tertiary/aromatic N) is 3. The zero-order valence-electron chi connectivity index (χ0n) is 14.8. The maximum absolute atomic E-state index is 12.6. The molecular formula is C18H17F3N4OS2. The second-order valence-electron chi connectivity index (χ2n) is 5.96. The van der Waals surface area contributed by atoms with E-state index < -0.39 is 17.0 Å². The molecule has 1 amide bonds. The highest BCUT2D eigenvalue weighted by Crippen LogP contribution is 2.30. The van der Waals surface area contributed by atoms with Gasteiger partial charge in [0.15, 0.2) is 5.16 Å². The van der Waals surface area contributed by atoms with Crippen molar-refractivity contribution in [2.45, 2.75) is 36.5 Å². The van der Waals surface area contributed by atoms with E-state index in [2.05, 4.69) is 21.6 Å². The van der Waals surface area contributed by atoms with Crippen LogP contribution in [0, 0.1) is 0 Å². The maximum atomic E-state index is 12.6. The first kappa shape index (κ1) is 20.4. The van der Waals surface area contributed by atoms with Gasteiger partial charge >= 0.3 is 6.18 Å². The van der Waals surface area contributed by atoms with Gasteiger partial charge in [0.25, 0.3) is 0 Å². The van der Waals surface area contributed by atoms with Crippen molar-refractivity contribution < 1.29 is 18.0 Å². The van der Waals surface area contributed by atoms with Crippen molar-refractivity contribution in [1.82, 2.24) is 14.8 Å². The van der Waals surface area contributed by atoms with E-state index in [1.807, 2.05) is 16.0 Å². The number of alkyl halides is 3. The first-order valence-electron chi connectivity index (χ1n) is 8.38. The van der Waals surface area contributed by atoms with Crippen LogP contribution in [0.4, 0.5) is 18.9 Å². The molecule has 1 atom stereocenters. The molecule has 1 unspecified atom stereocenters. The van der Waals surface area contributed by atoms with Crippen molar-refractivity contribution in [3.05, 3.63) is 58.5 Å². The molecular weight excluding hydrogens is 409 g/mol. The third kappa shape index (κ3) is 5.35. The highest BCUT2D eigenvalue weighted by molar-refractivity contribution is 8.00. The molecule has 3 rings (SSSR count). The zero-order chi connectivity index (χ0) is 20.1. The Hall–Kier alpha value is -2.33. The number of carbonyl (C=O) groups excluding carboxylic acids is 1. The maximum Gasteiger partial charge on any atom is 0.416 e. The zero-order valence-corrected chi connectivity index (χ0v) is 16.4. The van der Waals surface area contributed by atoms with Gasteiger partial charge < -0.3 is 9.88 Å². The fourth-order valence-electron chi connectivity index (χ4n) is 2.37. The number of rotatable bonds is 7. The van der Waals surface area contributed by atoms with E-state index in [4.69, 9.17) is 0 Å². The summed E-state index contributed by atoms with van der Waals surface area (Å²) in [5, 5.41) is 12.7. The fourth-order valence-corrected chi connectivity index (χ4v) is 3.92. The van der Waals surface area contributed by atoms with Crippen molar-refractivity contribution >= 4 is 34.7 Å². The van der Waals surface area contributed by atoms with Gasteiger partial charge in [0.1, 0.15) is 6.33 Å². The fraction of sp³-hybridized carbons (Fsp3) is 0.278. The van der Waals surface area contributed by atoms with Crippen LogP contribution < -0.4 is 5.32 Å². The molecule has 0 radical (unpaired) electrons. The Kier molecular flexibility index (Phi) is 6.40. The number of halogens is 3. The van der Waals surface area contributed by atoms with Crippen molar-refractivity contribution in [2.24, 2.45) is 0 Å². The van der Waals surface area contributed by atoms with Crippen LogP contribution in [0.3, 0.4) is 0 Å². The number of hydrogen-bond acceptors (Lipinski definition) is 5. The van der Waals surface area contributed by atoms with Crippen LogP contribution in [0.15, 0.2) is 53.3 Å². The number of thioether (sulfide) groups is 1. The smallest absolute Gasteiger partial charge is 0.325 e. The molecule has 0 saturated heterocycles. The molecule has 0 aliphatic carbocycles. The molecule has 1 N–H and O–H groups in total. The molecule has 2 heterocycles. The number of nitrogens with one attached hydrogen (secondary N) is 1. The first-order valence-corrected chi connectivity index (χ1v) is 10.1. The summed E-state index contributed by atoms with van der Waals surface area (Å²) in [6.07, 6.45) is -1.94. The van der Waals surface area contributed by atoms with Crippen LogP contribution in [0.1, 0.15) is 17.4 Å². The summed E-state index contributed by atoms with van der Waals surface area (Å²) in [6, 6.07) is 8.41. The lowest BCUT2D eigenvalue weighted by Crippen LogP contribution is -2.23. The number of anilines is 1. The second kappa shape index (κ2) is 8.78. The van der Waals surface area contributed by atoms with Crippen molar-refractivity contribution in [2.75, 3.05) is 5.32 Å². The Morgan fingerprint density at radius 2 is 2.04 bits per heavy atom. The Morgan fingerprint density at radius 3 is 2.68 bits per heavy atom. The largest absolute Gasteiger partial charge is 0.416 e. The van der Waals surface area contributed by atoms with Crippen LogP contribution >= 0.6 is 23.1 Å². The number of aromatic nitrogens is 3. The monoisotopic (exact) mass is 426 g/mol. The van der Waals surface area contributed by atoms with Crippen molar-refractivity contribution in [1.29, 1.82) is 0 Å². The first-order chi connectivity index (χ1) is 13.3. The number of thiophene rings is 1. The summed E-state index contributed by atoms with van der Waals surface area (Å²) < 4.78 is 39.7. The van der Waals surface area contributed by atoms with Gasteiger partial charge in [-0.3, -0.25) is 4.79 Å². The molecule has 10 heteroatoms. The summed E-state index contributed by atoms with van der Waals surface area (Å²) in [7, 11) is 0. The third-order valence-corrected chi connectivity index (χ3v) is 5.92. The van der Waals surface area contributed by atoms with Crippen molar-refractivity contribution in [3.63, 3.8) is 0 Å². The van der Waals surface area contributed by atoms with E-state index in [9.17, 15) is 18.0 Å². The van der Waals surface area contributed by atoms with E-state index in [0.717, 1.165) is 18.6 Å². The van der Waals surface area contributed by atoms with Gasteiger partial charge in [0.2, 0.25) is 5.91 Å². The highest BCUT2D eigenvalue weighted by atomic mass is 32.2. The van der Waals surface area contributed by atoms with Crippen LogP contribution in [0.2, 0.25) is 0 Å². The lowest BCUT2D eigenvalue weighted by molar-refractivity contribution is -0.137. The molecule has 0 saturated carbocycles. The minimum atomic E-state index is -4.40. The molecule has 148 valence electrons. The molecule has 1 aromatic carbocycles. The quantitative estimate of drug-likeness (QED) is 0.556. The number of carbonyl (C=O) groups is 1. The van der Waals surface area contributed by atoms with Gasteiger partial charge in [0, 0.05) is 17.1 Å². The predicted molar refractivity (Wildman–Crippen MR) is 103 cm³/mol. The molecule has 0 aliphatic heterocycles. The second-order valence-corrected chi connectivity index (χ2v) is 8.30. The number of benzene rings is 1. The Balaban J connectivity index is 1.56.